The summed E-state index contributed by atoms with van der Waals surface area (Å²) in [5.41, 5.74) is 0.657. The zero-order valence-electron chi connectivity index (χ0n) is 18.7. The second kappa shape index (κ2) is 12.2. The fraction of sp³-hybridized carbons (Fsp3) is 0.440. The molecule has 1 unspecified atom stereocenters. The lowest BCUT2D eigenvalue weighted by atomic mass is 9.95. The first-order chi connectivity index (χ1) is 15.9. The lowest BCUT2D eigenvalue weighted by Gasteiger charge is -2.33. The molecule has 3 rings (SSSR count). The van der Waals surface area contributed by atoms with Gasteiger partial charge in [-0.2, -0.15) is 0 Å². The maximum atomic E-state index is 13.9. The van der Waals surface area contributed by atoms with Gasteiger partial charge >= 0.3 is 0 Å². The Balaban J connectivity index is 1.79. The summed E-state index contributed by atoms with van der Waals surface area (Å²) in [5, 5.41) is 3.99. The van der Waals surface area contributed by atoms with Crippen molar-refractivity contribution in [1.29, 1.82) is 0 Å². The van der Waals surface area contributed by atoms with E-state index >= 15 is 0 Å². The third kappa shape index (κ3) is 7.08. The van der Waals surface area contributed by atoms with Crippen LogP contribution >= 0.6 is 23.2 Å². The lowest BCUT2D eigenvalue weighted by molar-refractivity contribution is -0.143. The molecule has 1 aliphatic carbocycles. The monoisotopic (exact) mass is 494 g/mol. The molecule has 1 aliphatic rings. The van der Waals surface area contributed by atoms with Crippen molar-refractivity contribution in [3.63, 3.8) is 0 Å². The fourth-order valence-electron chi connectivity index (χ4n) is 4.08. The Hall–Kier alpha value is -2.31. The number of carbonyl (C=O) groups excluding carboxylic acids is 2. The molecule has 2 amide bonds. The van der Waals surface area contributed by atoms with Crippen LogP contribution in [0.15, 0.2) is 42.5 Å². The third-order valence-electron chi connectivity index (χ3n) is 5.88. The van der Waals surface area contributed by atoms with Crippen LogP contribution in [0.5, 0.6) is 5.75 Å². The van der Waals surface area contributed by atoms with Gasteiger partial charge in [0, 0.05) is 22.6 Å². The average Bonchev–Trinajstić information content (AvgIpc) is 2.80. The molecule has 178 valence electrons. The zero-order valence-corrected chi connectivity index (χ0v) is 20.2. The Kier molecular flexibility index (Phi) is 9.39. The van der Waals surface area contributed by atoms with Crippen molar-refractivity contribution in [3.8, 4) is 5.75 Å². The van der Waals surface area contributed by atoms with Crippen molar-refractivity contribution in [2.45, 2.75) is 64.1 Å². The summed E-state index contributed by atoms with van der Waals surface area (Å²) < 4.78 is 19.4. The van der Waals surface area contributed by atoms with Gasteiger partial charge in [-0.1, -0.05) is 67.6 Å². The molecule has 1 N–H and O–H groups in total. The normalized spacial score (nSPS) is 15.0. The SMILES string of the molecule is CCC(C(=O)NC1CCCCC1)N(Cc1ccc(Cl)cc1Cl)C(=O)COc1ccccc1F. The van der Waals surface area contributed by atoms with Gasteiger partial charge in [-0.3, -0.25) is 9.59 Å². The number of nitrogens with one attached hydrogen (secondary N) is 1. The first kappa shape index (κ1) is 25.3. The van der Waals surface area contributed by atoms with Gasteiger partial charge in [0.2, 0.25) is 5.91 Å². The zero-order chi connectivity index (χ0) is 23.8. The van der Waals surface area contributed by atoms with Crippen LogP contribution in [0.1, 0.15) is 51.0 Å². The summed E-state index contributed by atoms with van der Waals surface area (Å²) in [4.78, 5) is 27.9. The molecule has 5 nitrogen and oxygen atoms in total. The fourth-order valence-corrected chi connectivity index (χ4v) is 4.55. The maximum absolute atomic E-state index is 13.9. The quantitative estimate of drug-likeness (QED) is 0.481. The van der Waals surface area contributed by atoms with E-state index in [-0.39, 0.29) is 24.2 Å². The minimum atomic E-state index is -0.713. The molecule has 0 aliphatic heterocycles. The topological polar surface area (TPSA) is 58.6 Å². The van der Waals surface area contributed by atoms with E-state index in [0.29, 0.717) is 22.0 Å². The van der Waals surface area contributed by atoms with E-state index in [1.165, 1.54) is 23.5 Å². The molecule has 0 heterocycles. The number of halogens is 3. The van der Waals surface area contributed by atoms with Crippen molar-refractivity contribution in [3.05, 3.63) is 63.9 Å². The van der Waals surface area contributed by atoms with Crippen LogP contribution in [0.3, 0.4) is 0 Å². The Morgan fingerprint density at radius 3 is 2.55 bits per heavy atom. The summed E-state index contributed by atoms with van der Waals surface area (Å²) in [7, 11) is 0. The Labute approximate surface area is 204 Å². The first-order valence-corrected chi connectivity index (χ1v) is 12.1. The molecule has 8 heteroatoms. The van der Waals surface area contributed by atoms with Crippen LogP contribution in [0.4, 0.5) is 4.39 Å². The second-order valence-electron chi connectivity index (χ2n) is 8.24. The number of para-hydroxylation sites is 1. The number of hydrogen-bond donors (Lipinski definition) is 1. The van der Waals surface area contributed by atoms with Crippen LogP contribution in [0.25, 0.3) is 0 Å². The van der Waals surface area contributed by atoms with Crippen LogP contribution in [-0.4, -0.2) is 35.4 Å². The number of rotatable bonds is 9. The molecule has 1 fully saturated rings. The van der Waals surface area contributed by atoms with Crippen molar-refractivity contribution >= 4 is 35.0 Å². The van der Waals surface area contributed by atoms with Gasteiger partial charge in [0.05, 0.1) is 0 Å². The van der Waals surface area contributed by atoms with Gasteiger partial charge < -0.3 is 15.0 Å². The Morgan fingerprint density at radius 2 is 1.88 bits per heavy atom. The van der Waals surface area contributed by atoms with Crippen LogP contribution in [0.2, 0.25) is 10.0 Å². The maximum Gasteiger partial charge on any atom is 0.261 e. The smallest absolute Gasteiger partial charge is 0.261 e. The highest BCUT2D eigenvalue weighted by molar-refractivity contribution is 6.35. The average molecular weight is 495 g/mol. The number of carbonyl (C=O) groups is 2. The minimum absolute atomic E-state index is 0.0185. The molecule has 0 bridgehead atoms. The largest absolute Gasteiger partial charge is 0.481 e. The highest BCUT2D eigenvalue weighted by atomic mass is 35.5. The van der Waals surface area contributed by atoms with Gasteiger partial charge in [-0.15, -0.1) is 0 Å². The van der Waals surface area contributed by atoms with E-state index < -0.39 is 24.4 Å². The van der Waals surface area contributed by atoms with E-state index in [0.717, 1.165) is 25.7 Å². The van der Waals surface area contributed by atoms with Crippen molar-refractivity contribution < 1.29 is 18.7 Å². The molecular formula is C25H29Cl2FN2O3. The van der Waals surface area contributed by atoms with Crippen LogP contribution in [0, 0.1) is 5.82 Å². The Bertz CT molecular complexity index is 966. The summed E-state index contributed by atoms with van der Waals surface area (Å²) in [5.74, 6) is -1.21. The summed E-state index contributed by atoms with van der Waals surface area (Å²) >= 11 is 12.4. The third-order valence-corrected chi connectivity index (χ3v) is 6.47. The molecule has 2 aromatic rings. The number of amides is 2. The van der Waals surface area contributed by atoms with Gasteiger partial charge in [0.15, 0.2) is 18.2 Å². The molecule has 33 heavy (non-hydrogen) atoms. The molecular weight excluding hydrogens is 466 g/mol. The highest BCUT2D eigenvalue weighted by Gasteiger charge is 2.31. The van der Waals surface area contributed by atoms with E-state index in [2.05, 4.69) is 5.32 Å². The number of hydrogen-bond acceptors (Lipinski definition) is 3. The predicted molar refractivity (Wildman–Crippen MR) is 128 cm³/mol. The van der Waals surface area contributed by atoms with E-state index in [1.807, 2.05) is 6.92 Å². The van der Waals surface area contributed by atoms with E-state index in [9.17, 15) is 14.0 Å². The molecule has 0 saturated heterocycles. The molecule has 0 aromatic heterocycles. The molecule has 1 atom stereocenters. The first-order valence-electron chi connectivity index (χ1n) is 11.3. The van der Waals surface area contributed by atoms with Crippen molar-refractivity contribution in [2.75, 3.05) is 6.61 Å². The second-order valence-corrected chi connectivity index (χ2v) is 9.09. The van der Waals surface area contributed by atoms with Crippen LogP contribution in [-0.2, 0) is 16.1 Å². The number of benzene rings is 2. The minimum Gasteiger partial charge on any atom is -0.481 e. The molecule has 0 spiro atoms. The summed E-state index contributed by atoms with van der Waals surface area (Å²) in [6.45, 7) is 1.55. The molecule has 0 radical (unpaired) electrons. The van der Waals surface area contributed by atoms with E-state index in [1.54, 1.807) is 30.3 Å². The van der Waals surface area contributed by atoms with Crippen molar-refractivity contribution in [2.24, 2.45) is 0 Å². The number of nitrogens with zero attached hydrogens (tertiary/aromatic N) is 1. The summed E-state index contributed by atoms with van der Waals surface area (Å²) in [6.07, 6.45) is 5.64. The summed E-state index contributed by atoms with van der Waals surface area (Å²) in [6, 6.07) is 10.3. The van der Waals surface area contributed by atoms with Crippen molar-refractivity contribution in [1.82, 2.24) is 10.2 Å². The van der Waals surface area contributed by atoms with Gasteiger partial charge in [-0.25, -0.2) is 4.39 Å². The molecule has 1 saturated carbocycles. The highest BCUT2D eigenvalue weighted by Crippen LogP contribution is 2.25. The van der Waals surface area contributed by atoms with Crippen LogP contribution < -0.4 is 10.1 Å². The van der Waals surface area contributed by atoms with Gasteiger partial charge in [-0.05, 0) is 49.1 Å². The van der Waals surface area contributed by atoms with Gasteiger partial charge in [0.1, 0.15) is 6.04 Å². The lowest BCUT2D eigenvalue weighted by Crippen LogP contribution is -2.52. The standard InChI is InChI=1S/C25H29Cl2FN2O3/c1-2-22(25(32)29-19-8-4-3-5-9-19)30(15-17-12-13-18(26)14-20(17)27)24(31)16-33-23-11-7-6-10-21(23)28/h6-7,10-14,19,22H,2-5,8-9,15-16H2,1H3,(H,29,32). The molecule has 2 aromatic carbocycles. The van der Waals surface area contributed by atoms with Gasteiger partial charge in [0.25, 0.3) is 5.91 Å². The van der Waals surface area contributed by atoms with E-state index in [4.69, 9.17) is 27.9 Å². The predicted octanol–water partition coefficient (Wildman–Crippen LogP) is 5.77. The number of ether oxygens (including phenoxy) is 1. The Morgan fingerprint density at radius 1 is 1.15 bits per heavy atom.